The van der Waals surface area contributed by atoms with Gasteiger partial charge in [0.15, 0.2) is 0 Å². The Labute approximate surface area is 164 Å². The second-order valence-corrected chi connectivity index (χ2v) is 7.24. The molecule has 0 aliphatic carbocycles. The molecule has 27 heavy (non-hydrogen) atoms. The number of carbonyl (C=O) groups excluding carboxylic acids is 1. The second kappa shape index (κ2) is 7.77. The number of hydrogen-bond donors (Lipinski definition) is 3. The van der Waals surface area contributed by atoms with Crippen molar-refractivity contribution in [2.24, 2.45) is 0 Å². The number of hydrogen-bond acceptors (Lipinski definition) is 5. The number of halogens is 1. The van der Waals surface area contributed by atoms with E-state index in [1.807, 2.05) is 48.0 Å². The van der Waals surface area contributed by atoms with Crippen LogP contribution in [0.5, 0.6) is 0 Å². The second-order valence-electron chi connectivity index (χ2n) is 5.89. The molecule has 1 aromatic carbocycles. The first kappa shape index (κ1) is 17.5. The van der Waals surface area contributed by atoms with Crippen LogP contribution in [0.2, 0.25) is 5.02 Å². The molecule has 0 saturated carbocycles. The number of rotatable bonds is 6. The van der Waals surface area contributed by atoms with Crippen LogP contribution < -0.4 is 10.6 Å². The lowest BCUT2D eigenvalue weighted by molar-refractivity contribution is 0.0959. The number of thiophene rings is 1. The molecule has 3 N–H and O–H groups in total. The predicted octanol–water partition coefficient (Wildman–Crippen LogP) is 4.39. The van der Waals surface area contributed by atoms with Crippen molar-refractivity contribution in [2.75, 3.05) is 11.9 Å². The zero-order valence-corrected chi connectivity index (χ0v) is 15.8. The van der Waals surface area contributed by atoms with E-state index >= 15 is 0 Å². The number of benzene rings is 1. The number of carbonyl (C=O) groups is 1. The molecule has 0 radical (unpaired) electrons. The van der Waals surface area contributed by atoms with Gasteiger partial charge in [-0.2, -0.15) is 0 Å². The molecule has 1 amide bonds. The zero-order chi connectivity index (χ0) is 18.6. The molecule has 0 aliphatic heterocycles. The molecule has 0 spiro atoms. The third kappa shape index (κ3) is 3.94. The Morgan fingerprint density at radius 2 is 2.15 bits per heavy atom. The fourth-order valence-electron chi connectivity index (χ4n) is 2.78. The summed E-state index contributed by atoms with van der Waals surface area (Å²) in [5.74, 6) is 0.543. The number of nitrogens with zero attached hydrogens (tertiary/aromatic N) is 2. The molecule has 8 heteroatoms. The van der Waals surface area contributed by atoms with E-state index in [0.29, 0.717) is 22.3 Å². The van der Waals surface area contributed by atoms with Gasteiger partial charge in [-0.15, -0.1) is 11.3 Å². The number of nitrogens with one attached hydrogen (secondary N) is 3. The molecule has 0 fully saturated rings. The van der Waals surface area contributed by atoms with Gasteiger partial charge in [0.1, 0.15) is 22.7 Å². The van der Waals surface area contributed by atoms with Crippen LogP contribution in [0.3, 0.4) is 0 Å². The lowest BCUT2D eigenvalue weighted by Gasteiger charge is -2.09. The molecule has 4 aromatic rings. The average Bonchev–Trinajstić information content (AvgIpc) is 3.31. The Bertz CT molecular complexity index is 1090. The molecule has 0 saturated heterocycles. The van der Waals surface area contributed by atoms with E-state index in [0.717, 1.165) is 28.7 Å². The summed E-state index contributed by atoms with van der Waals surface area (Å²) in [7, 11) is 0. The SMILES string of the molecule is O=C(NCCc1cccc(Cl)c1)c1sccc1Nc1ncnc2[nH]ccc12. The maximum Gasteiger partial charge on any atom is 0.263 e. The smallest absolute Gasteiger partial charge is 0.263 e. The van der Waals surface area contributed by atoms with Crippen LogP contribution in [0.1, 0.15) is 15.2 Å². The highest BCUT2D eigenvalue weighted by Gasteiger charge is 2.15. The highest BCUT2D eigenvalue weighted by molar-refractivity contribution is 7.12. The summed E-state index contributed by atoms with van der Waals surface area (Å²) in [6.45, 7) is 0.534. The van der Waals surface area contributed by atoms with E-state index in [2.05, 4.69) is 25.6 Å². The fourth-order valence-corrected chi connectivity index (χ4v) is 3.75. The lowest BCUT2D eigenvalue weighted by Crippen LogP contribution is -2.25. The molecule has 3 aromatic heterocycles. The van der Waals surface area contributed by atoms with Crippen LogP contribution in [0.25, 0.3) is 11.0 Å². The van der Waals surface area contributed by atoms with Gasteiger partial charge < -0.3 is 15.6 Å². The van der Waals surface area contributed by atoms with Crippen LogP contribution in [0.15, 0.2) is 54.3 Å². The van der Waals surface area contributed by atoms with Crippen molar-refractivity contribution in [1.29, 1.82) is 0 Å². The van der Waals surface area contributed by atoms with Gasteiger partial charge in [0, 0.05) is 17.8 Å². The molecule has 136 valence electrons. The van der Waals surface area contributed by atoms with Gasteiger partial charge in [0.2, 0.25) is 0 Å². The largest absolute Gasteiger partial charge is 0.351 e. The third-order valence-electron chi connectivity index (χ3n) is 4.07. The predicted molar refractivity (Wildman–Crippen MR) is 109 cm³/mol. The van der Waals surface area contributed by atoms with Gasteiger partial charge in [-0.1, -0.05) is 23.7 Å². The van der Waals surface area contributed by atoms with Crippen molar-refractivity contribution in [3.05, 3.63) is 69.8 Å². The minimum absolute atomic E-state index is 0.117. The lowest BCUT2D eigenvalue weighted by atomic mass is 10.1. The number of fused-ring (bicyclic) bond motifs is 1. The molecule has 0 unspecified atom stereocenters. The number of anilines is 2. The Morgan fingerprint density at radius 1 is 1.22 bits per heavy atom. The number of aromatic amines is 1. The molecule has 4 rings (SSSR count). The number of H-pyrrole nitrogens is 1. The van der Waals surface area contributed by atoms with E-state index in [-0.39, 0.29) is 5.91 Å². The Morgan fingerprint density at radius 3 is 3.04 bits per heavy atom. The van der Waals surface area contributed by atoms with E-state index in [9.17, 15) is 4.79 Å². The van der Waals surface area contributed by atoms with Gasteiger partial charge in [-0.3, -0.25) is 4.79 Å². The normalized spacial score (nSPS) is 10.9. The molecular formula is C19H16ClN5OS. The van der Waals surface area contributed by atoms with Crippen molar-refractivity contribution >= 4 is 51.4 Å². The highest BCUT2D eigenvalue weighted by atomic mass is 35.5. The van der Waals surface area contributed by atoms with Crippen LogP contribution in [0.4, 0.5) is 11.5 Å². The van der Waals surface area contributed by atoms with Gasteiger partial charge in [-0.05, 0) is 41.6 Å². The number of aromatic nitrogens is 3. The monoisotopic (exact) mass is 397 g/mol. The van der Waals surface area contributed by atoms with Crippen molar-refractivity contribution in [1.82, 2.24) is 20.3 Å². The molecule has 0 atom stereocenters. The Hall–Kier alpha value is -2.90. The number of amides is 1. The van der Waals surface area contributed by atoms with Crippen LogP contribution in [-0.2, 0) is 6.42 Å². The highest BCUT2D eigenvalue weighted by Crippen LogP contribution is 2.28. The molecule has 0 bridgehead atoms. The zero-order valence-electron chi connectivity index (χ0n) is 14.2. The molecule has 0 aliphatic rings. The summed E-state index contributed by atoms with van der Waals surface area (Å²) in [5.41, 5.74) is 2.56. The topological polar surface area (TPSA) is 82.7 Å². The summed E-state index contributed by atoms with van der Waals surface area (Å²) in [5, 5.41) is 9.65. The average molecular weight is 398 g/mol. The van der Waals surface area contributed by atoms with Crippen LogP contribution >= 0.6 is 22.9 Å². The van der Waals surface area contributed by atoms with Gasteiger partial charge in [0.25, 0.3) is 5.91 Å². The van der Waals surface area contributed by atoms with Crippen molar-refractivity contribution in [3.63, 3.8) is 0 Å². The third-order valence-corrected chi connectivity index (χ3v) is 5.22. The quantitative estimate of drug-likeness (QED) is 0.450. The first-order chi connectivity index (χ1) is 13.2. The van der Waals surface area contributed by atoms with Crippen molar-refractivity contribution < 1.29 is 4.79 Å². The first-order valence-electron chi connectivity index (χ1n) is 8.36. The molecule has 6 nitrogen and oxygen atoms in total. The van der Waals surface area contributed by atoms with Crippen molar-refractivity contribution in [2.45, 2.75) is 6.42 Å². The maximum absolute atomic E-state index is 12.6. The van der Waals surface area contributed by atoms with Crippen LogP contribution in [-0.4, -0.2) is 27.4 Å². The Balaban J connectivity index is 1.43. The molecule has 3 heterocycles. The van der Waals surface area contributed by atoms with E-state index in [4.69, 9.17) is 11.6 Å². The van der Waals surface area contributed by atoms with E-state index < -0.39 is 0 Å². The fraction of sp³-hybridized carbons (Fsp3) is 0.105. The summed E-state index contributed by atoms with van der Waals surface area (Å²) in [6, 6.07) is 11.4. The standard InChI is InChI=1S/C19H16ClN5OS/c20-13-3-1-2-12(10-13)4-7-22-19(26)16-15(6-9-27-16)25-18-14-5-8-21-17(14)23-11-24-18/h1-3,5-6,8-11H,4,7H2,(H,22,26)(H2,21,23,24,25). The van der Waals surface area contributed by atoms with Crippen molar-refractivity contribution in [3.8, 4) is 0 Å². The summed E-state index contributed by atoms with van der Waals surface area (Å²) >= 11 is 7.38. The minimum Gasteiger partial charge on any atom is -0.351 e. The summed E-state index contributed by atoms with van der Waals surface area (Å²) in [6.07, 6.45) is 4.01. The maximum atomic E-state index is 12.6. The first-order valence-corrected chi connectivity index (χ1v) is 9.62. The Kier molecular flexibility index (Phi) is 5.04. The van der Waals surface area contributed by atoms with Gasteiger partial charge in [-0.25, -0.2) is 9.97 Å². The van der Waals surface area contributed by atoms with Gasteiger partial charge in [0.05, 0.1) is 11.1 Å². The minimum atomic E-state index is -0.117. The molecular weight excluding hydrogens is 382 g/mol. The van der Waals surface area contributed by atoms with E-state index in [1.54, 1.807) is 0 Å². The summed E-state index contributed by atoms with van der Waals surface area (Å²) < 4.78 is 0. The summed E-state index contributed by atoms with van der Waals surface area (Å²) in [4.78, 5) is 24.7. The van der Waals surface area contributed by atoms with E-state index in [1.165, 1.54) is 17.7 Å². The van der Waals surface area contributed by atoms with Crippen LogP contribution in [0, 0.1) is 0 Å². The van der Waals surface area contributed by atoms with Gasteiger partial charge >= 0.3 is 0 Å².